The van der Waals surface area contributed by atoms with Gasteiger partial charge in [-0.1, -0.05) is 95.9 Å². The Hall–Kier alpha value is -2.81. The van der Waals surface area contributed by atoms with Crippen molar-refractivity contribution in [2.24, 2.45) is 46.3 Å². The fourth-order valence-corrected chi connectivity index (χ4v) is 11.4. The molecule has 3 nitrogen and oxygen atoms in total. The summed E-state index contributed by atoms with van der Waals surface area (Å²) in [5, 5.41) is 4.87. The van der Waals surface area contributed by atoms with Gasteiger partial charge in [0.25, 0.3) is 0 Å². The summed E-state index contributed by atoms with van der Waals surface area (Å²) in [6, 6.07) is 19.2. The van der Waals surface area contributed by atoms with E-state index in [0.717, 1.165) is 60.5 Å². The number of ether oxygens (including phenoxy) is 2. The van der Waals surface area contributed by atoms with Crippen molar-refractivity contribution in [1.82, 2.24) is 0 Å². The molecule has 3 fully saturated rings. The Balaban J connectivity index is 0.895. The standard InChI is InChI=1S/C45H60O3/c1-30(2)10-8-11-31(3)40-19-20-41-39-18-16-36-29-38(21-23-44(36,4)42(39)22-24-45(40,41)5)48-43(46)14-9-25-47-37-17-15-34-26-32-12-6-7-13-33(32)27-35(34)28-37/h6-7,12-13,15-17,26-28,30-31,38-42H,8-11,14,18-25,29H2,1-5H3/t31-,38?,39?,40-,41?,42?,44+,45-/m1/s1. The van der Waals surface area contributed by atoms with Crippen LogP contribution in [0.25, 0.3) is 21.5 Å². The molecule has 0 spiro atoms. The lowest BCUT2D eigenvalue weighted by Crippen LogP contribution is -2.51. The summed E-state index contributed by atoms with van der Waals surface area (Å²) in [4.78, 5) is 12.9. The van der Waals surface area contributed by atoms with Gasteiger partial charge in [0, 0.05) is 12.8 Å². The molecule has 4 aliphatic rings. The fraction of sp³-hybridized carbons (Fsp3) is 0.622. The van der Waals surface area contributed by atoms with Crippen molar-refractivity contribution in [3.05, 3.63) is 66.2 Å². The second-order valence-corrected chi connectivity index (χ2v) is 17.3. The molecule has 3 heteroatoms. The summed E-state index contributed by atoms with van der Waals surface area (Å²) in [7, 11) is 0. The molecule has 3 saturated carbocycles. The first kappa shape index (κ1) is 33.7. The zero-order valence-corrected chi connectivity index (χ0v) is 30.4. The molecule has 48 heavy (non-hydrogen) atoms. The van der Waals surface area contributed by atoms with E-state index in [-0.39, 0.29) is 17.5 Å². The van der Waals surface area contributed by atoms with Crippen molar-refractivity contribution in [3.8, 4) is 5.75 Å². The van der Waals surface area contributed by atoms with Crippen LogP contribution in [-0.2, 0) is 9.53 Å². The first-order valence-corrected chi connectivity index (χ1v) is 19.6. The van der Waals surface area contributed by atoms with Crippen molar-refractivity contribution >= 4 is 27.5 Å². The van der Waals surface area contributed by atoms with Crippen molar-refractivity contribution < 1.29 is 14.3 Å². The highest BCUT2D eigenvalue weighted by molar-refractivity contribution is 5.98. The molecule has 4 aliphatic carbocycles. The van der Waals surface area contributed by atoms with Gasteiger partial charge in [-0.25, -0.2) is 0 Å². The van der Waals surface area contributed by atoms with E-state index < -0.39 is 0 Å². The Kier molecular flexibility index (Phi) is 9.71. The van der Waals surface area contributed by atoms with Crippen LogP contribution in [0.1, 0.15) is 118 Å². The van der Waals surface area contributed by atoms with Crippen molar-refractivity contribution in [2.75, 3.05) is 6.61 Å². The zero-order chi connectivity index (χ0) is 33.5. The van der Waals surface area contributed by atoms with Gasteiger partial charge in [-0.2, -0.15) is 0 Å². The highest BCUT2D eigenvalue weighted by Gasteiger charge is 2.59. The molecule has 7 rings (SSSR count). The molecule has 4 unspecified atom stereocenters. The third kappa shape index (κ3) is 6.57. The number of carbonyl (C=O) groups is 1. The molecule has 0 N–H and O–H groups in total. The quantitative estimate of drug-likeness (QED) is 0.0898. The molecule has 0 aromatic heterocycles. The van der Waals surface area contributed by atoms with Crippen molar-refractivity contribution in [1.29, 1.82) is 0 Å². The predicted molar refractivity (Wildman–Crippen MR) is 199 cm³/mol. The Labute approximate surface area is 290 Å². The predicted octanol–water partition coefficient (Wildman–Crippen LogP) is 12.1. The van der Waals surface area contributed by atoms with Gasteiger partial charge in [0.1, 0.15) is 11.9 Å². The Bertz CT molecular complexity index is 1640. The van der Waals surface area contributed by atoms with Crippen molar-refractivity contribution in [3.63, 3.8) is 0 Å². The lowest BCUT2D eigenvalue weighted by Gasteiger charge is -2.58. The topological polar surface area (TPSA) is 35.5 Å². The summed E-state index contributed by atoms with van der Waals surface area (Å²) < 4.78 is 12.2. The first-order chi connectivity index (χ1) is 23.1. The molecule has 258 valence electrons. The van der Waals surface area contributed by atoms with Crippen LogP contribution in [0.15, 0.2) is 66.2 Å². The number of rotatable bonds is 11. The van der Waals surface area contributed by atoms with E-state index in [9.17, 15) is 4.79 Å². The van der Waals surface area contributed by atoms with E-state index in [1.54, 1.807) is 5.57 Å². The maximum Gasteiger partial charge on any atom is 0.306 e. The lowest BCUT2D eigenvalue weighted by atomic mass is 9.47. The summed E-state index contributed by atoms with van der Waals surface area (Å²) in [6.45, 7) is 13.1. The minimum Gasteiger partial charge on any atom is -0.494 e. The second kappa shape index (κ2) is 13.8. The van der Waals surface area contributed by atoms with Gasteiger partial charge in [-0.3, -0.25) is 4.79 Å². The third-order valence-electron chi connectivity index (χ3n) is 14.0. The average Bonchev–Trinajstić information content (AvgIpc) is 3.43. The molecule has 0 radical (unpaired) electrons. The zero-order valence-electron chi connectivity index (χ0n) is 30.4. The van der Waals surface area contributed by atoms with Crippen LogP contribution in [0.2, 0.25) is 0 Å². The molecule has 0 bridgehead atoms. The van der Waals surface area contributed by atoms with Crippen molar-refractivity contribution in [2.45, 2.75) is 124 Å². The molecule has 3 aromatic carbocycles. The molecular formula is C45H60O3. The van der Waals surface area contributed by atoms with Gasteiger partial charge in [-0.05, 0) is 144 Å². The normalized spacial score (nSPS) is 32.0. The molecule has 0 aliphatic heterocycles. The maximum atomic E-state index is 12.9. The average molecular weight is 649 g/mol. The minimum atomic E-state index is -0.0700. The molecule has 0 amide bonds. The number of esters is 1. The third-order valence-corrected chi connectivity index (χ3v) is 14.0. The SMILES string of the molecule is CC(C)CCC[C@@H](C)[C@H]1CCC2C3CC=C4CC(OC(=O)CCCOc5ccc6cc7ccccc7cc6c5)CC[C@]4(C)C3CC[C@@]21C. The van der Waals surface area contributed by atoms with Gasteiger partial charge in [0.05, 0.1) is 6.61 Å². The number of benzene rings is 3. The monoisotopic (exact) mass is 648 g/mol. The Morgan fingerprint density at radius 1 is 0.833 bits per heavy atom. The van der Waals surface area contributed by atoms with Gasteiger partial charge in [0.2, 0.25) is 0 Å². The van der Waals surface area contributed by atoms with Gasteiger partial charge in [-0.15, -0.1) is 0 Å². The Morgan fingerprint density at radius 2 is 1.60 bits per heavy atom. The first-order valence-electron chi connectivity index (χ1n) is 19.6. The van der Waals surface area contributed by atoms with Crippen LogP contribution >= 0.6 is 0 Å². The summed E-state index contributed by atoms with van der Waals surface area (Å²) in [5.74, 6) is 5.90. The smallest absolute Gasteiger partial charge is 0.306 e. The number of hydrogen-bond acceptors (Lipinski definition) is 3. The summed E-state index contributed by atoms with van der Waals surface area (Å²) >= 11 is 0. The van der Waals surface area contributed by atoms with Gasteiger partial charge in [0.15, 0.2) is 0 Å². The molecule has 0 heterocycles. The summed E-state index contributed by atoms with van der Waals surface area (Å²) in [5.41, 5.74) is 2.41. The van der Waals surface area contributed by atoms with Crippen LogP contribution in [-0.4, -0.2) is 18.7 Å². The van der Waals surface area contributed by atoms with Gasteiger partial charge >= 0.3 is 5.97 Å². The van der Waals surface area contributed by atoms with E-state index in [1.807, 2.05) is 6.07 Å². The lowest BCUT2D eigenvalue weighted by molar-refractivity contribution is -0.151. The molecule has 8 atom stereocenters. The maximum absolute atomic E-state index is 12.9. The van der Waals surface area contributed by atoms with Gasteiger partial charge < -0.3 is 9.47 Å². The van der Waals surface area contributed by atoms with Crippen LogP contribution in [0, 0.1) is 46.3 Å². The minimum absolute atomic E-state index is 0.0287. The van der Waals surface area contributed by atoms with E-state index in [4.69, 9.17) is 9.47 Å². The Morgan fingerprint density at radius 3 is 2.40 bits per heavy atom. The largest absolute Gasteiger partial charge is 0.494 e. The fourth-order valence-electron chi connectivity index (χ4n) is 11.4. The van der Waals surface area contributed by atoms with E-state index in [2.05, 4.69) is 89.2 Å². The number of allylic oxidation sites excluding steroid dienone is 1. The molecular weight excluding hydrogens is 588 g/mol. The summed E-state index contributed by atoms with van der Waals surface area (Å²) in [6.07, 6.45) is 18.0. The number of fused-ring (bicyclic) bond motifs is 7. The number of carbonyl (C=O) groups excluding carboxylic acids is 1. The second-order valence-electron chi connectivity index (χ2n) is 17.3. The molecule has 3 aromatic rings. The van der Waals surface area contributed by atoms with E-state index in [0.29, 0.717) is 24.9 Å². The molecule has 0 saturated heterocycles. The van der Waals surface area contributed by atoms with E-state index in [1.165, 1.54) is 72.9 Å². The highest BCUT2D eigenvalue weighted by Crippen LogP contribution is 2.67. The van der Waals surface area contributed by atoms with Crippen LogP contribution < -0.4 is 4.74 Å². The van der Waals surface area contributed by atoms with Crippen LogP contribution in [0.4, 0.5) is 0 Å². The number of hydrogen-bond donors (Lipinski definition) is 0. The van der Waals surface area contributed by atoms with E-state index >= 15 is 0 Å². The van der Waals surface area contributed by atoms with Crippen LogP contribution in [0.5, 0.6) is 5.75 Å². The van der Waals surface area contributed by atoms with Crippen LogP contribution in [0.3, 0.4) is 0 Å². The highest BCUT2D eigenvalue weighted by atomic mass is 16.5.